The lowest BCUT2D eigenvalue weighted by Crippen LogP contribution is -2.51. The predicted molar refractivity (Wildman–Crippen MR) is 138 cm³/mol. The minimum atomic E-state index is -0.497. The molecule has 36 heavy (non-hydrogen) atoms. The van der Waals surface area contributed by atoms with E-state index in [-0.39, 0.29) is 18.2 Å². The van der Waals surface area contributed by atoms with E-state index in [2.05, 4.69) is 37.3 Å². The Labute approximate surface area is 210 Å². The molecule has 4 heterocycles. The number of rotatable bonds is 4. The molecular weight excluding hydrogens is 456 g/mol. The molecule has 1 aliphatic heterocycles. The van der Waals surface area contributed by atoms with Gasteiger partial charge in [-0.25, -0.2) is 9.48 Å². The van der Waals surface area contributed by atoms with Crippen molar-refractivity contribution >= 4 is 22.8 Å². The van der Waals surface area contributed by atoms with Crippen molar-refractivity contribution in [2.24, 2.45) is 0 Å². The Hall–Kier alpha value is -3.95. The normalized spacial score (nSPS) is 18.4. The minimum Gasteiger partial charge on any atom is -0.444 e. The Bertz CT molecular complexity index is 1340. The van der Waals surface area contributed by atoms with Crippen LogP contribution in [-0.4, -0.2) is 72.4 Å². The first-order valence-electron chi connectivity index (χ1n) is 12.2. The zero-order valence-corrected chi connectivity index (χ0v) is 21.3. The number of carbonyl (C=O) groups is 1. The van der Waals surface area contributed by atoms with E-state index in [1.54, 1.807) is 12.4 Å². The van der Waals surface area contributed by atoms with Gasteiger partial charge in [0.2, 0.25) is 0 Å². The summed E-state index contributed by atoms with van der Waals surface area (Å²) < 4.78 is 7.40. The molecule has 1 N–H and O–H groups in total. The van der Waals surface area contributed by atoms with Gasteiger partial charge < -0.3 is 14.5 Å². The van der Waals surface area contributed by atoms with Crippen molar-refractivity contribution < 1.29 is 9.53 Å². The summed E-state index contributed by atoms with van der Waals surface area (Å²) in [5.41, 5.74) is 3.04. The van der Waals surface area contributed by atoms with E-state index in [4.69, 9.17) is 4.74 Å². The predicted octanol–water partition coefficient (Wildman–Crippen LogP) is 4.43. The Morgan fingerprint density at radius 1 is 1.19 bits per heavy atom. The quantitative estimate of drug-likeness (QED) is 0.453. The number of nitrogens with zero attached hydrogens (tertiary/aromatic N) is 7. The third kappa shape index (κ3) is 4.62. The van der Waals surface area contributed by atoms with Crippen LogP contribution < -0.4 is 4.90 Å². The SMILES string of the molecule is C[C@@H]1C[C@H](N(C)c2ccc(-c3ccc(-n4cccn4)c4cn[nH]c34)nn2)CCN1C(=O)OC(C)(C)C. The molecule has 0 spiro atoms. The molecule has 0 radical (unpaired) electrons. The number of fused-ring (bicyclic) bond motifs is 1. The summed E-state index contributed by atoms with van der Waals surface area (Å²) in [6, 6.07) is 10.2. The Morgan fingerprint density at radius 2 is 2.03 bits per heavy atom. The first-order valence-corrected chi connectivity index (χ1v) is 12.2. The van der Waals surface area contributed by atoms with Crippen LogP contribution in [0.15, 0.2) is 48.9 Å². The number of aromatic nitrogens is 6. The number of nitrogens with one attached hydrogen (secondary N) is 1. The van der Waals surface area contributed by atoms with Gasteiger partial charge in [-0.3, -0.25) is 5.10 Å². The monoisotopic (exact) mass is 488 g/mol. The molecule has 1 saturated heterocycles. The molecule has 0 aliphatic carbocycles. The smallest absolute Gasteiger partial charge is 0.410 e. The summed E-state index contributed by atoms with van der Waals surface area (Å²) in [5, 5.41) is 21.7. The fourth-order valence-corrected chi connectivity index (χ4v) is 4.78. The zero-order chi connectivity index (χ0) is 25.4. The number of likely N-dealkylation sites (tertiary alicyclic amines) is 1. The lowest BCUT2D eigenvalue weighted by atomic mass is 9.97. The fourth-order valence-electron chi connectivity index (χ4n) is 4.78. The third-order valence-electron chi connectivity index (χ3n) is 6.66. The maximum Gasteiger partial charge on any atom is 0.410 e. The van der Waals surface area contributed by atoms with Crippen LogP contribution in [0.3, 0.4) is 0 Å². The average molecular weight is 489 g/mol. The van der Waals surface area contributed by atoms with Crippen LogP contribution in [0.25, 0.3) is 27.8 Å². The van der Waals surface area contributed by atoms with Crippen molar-refractivity contribution in [3.63, 3.8) is 0 Å². The molecule has 4 aromatic rings. The van der Waals surface area contributed by atoms with E-state index in [1.165, 1.54) is 0 Å². The first kappa shape index (κ1) is 23.8. The third-order valence-corrected chi connectivity index (χ3v) is 6.66. The molecule has 188 valence electrons. The molecule has 10 nitrogen and oxygen atoms in total. The van der Waals surface area contributed by atoms with Gasteiger partial charge in [0.25, 0.3) is 0 Å². The maximum absolute atomic E-state index is 12.6. The molecule has 5 rings (SSSR count). The second-order valence-corrected chi connectivity index (χ2v) is 10.3. The number of hydrogen-bond acceptors (Lipinski definition) is 7. The van der Waals surface area contributed by atoms with Crippen LogP contribution in [0.4, 0.5) is 10.6 Å². The highest BCUT2D eigenvalue weighted by atomic mass is 16.6. The molecule has 2 atom stereocenters. The van der Waals surface area contributed by atoms with Crippen LogP contribution in [0, 0.1) is 0 Å². The summed E-state index contributed by atoms with van der Waals surface area (Å²) in [6.07, 6.45) is 6.89. The summed E-state index contributed by atoms with van der Waals surface area (Å²) >= 11 is 0. The fraction of sp³-hybridized carbons (Fsp3) is 0.423. The van der Waals surface area contributed by atoms with Crippen LogP contribution in [0.5, 0.6) is 0 Å². The lowest BCUT2D eigenvalue weighted by molar-refractivity contribution is 0.0104. The van der Waals surface area contributed by atoms with E-state index >= 15 is 0 Å². The largest absolute Gasteiger partial charge is 0.444 e. The topological polar surface area (TPSA) is 105 Å². The highest BCUT2D eigenvalue weighted by Gasteiger charge is 2.33. The van der Waals surface area contributed by atoms with Gasteiger partial charge >= 0.3 is 6.09 Å². The average Bonchev–Trinajstić information content (AvgIpc) is 3.54. The molecule has 10 heteroatoms. The summed E-state index contributed by atoms with van der Waals surface area (Å²) in [7, 11) is 2.04. The van der Waals surface area contributed by atoms with Gasteiger partial charge in [-0.05, 0) is 70.9 Å². The van der Waals surface area contributed by atoms with Crippen molar-refractivity contribution in [3.8, 4) is 16.9 Å². The van der Waals surface area contributed by atoms with E-state index < -0.39 is 5.60 Å². The molecule has 3 aromatic heterocycles. The van der Waals surface area contributed by atoms with Gasteiger partial charge in [0.15, 0.2) is 5.82 Å². The Morgan fingerprint density at radius 3 is 2.69 bits per heavy atom. The number of piperidine rings is 1. The van der Waals surface area contributed by atoms with E-state index in [9.17, 15) is 4.79 Å². The molecule has 0 unspecified atom stereocenters. The standard InChI is InChI=1S/C26H32N8O2/c1-17-15-18(11-14-33(17)25(35)36-26(2,3)4)32(5)23-10-8-21(29-30-23)19-7-9-22(34-13-6-12-28-34)20-16-27-31-24(19)20/h6-10,12-13,16-18H,11,14-15H2,1-5H3,(H,27,31)/t17-,18-/m1/s1. The van der Waals surface area contributed by atoms with E-state index in [0.717, 1.165) is 46.5 Å². The van der Waals surface area contributed by atoms with E-state index in [0.29, 0.717) is 6.54 Å². The number of amides is 1. The number of ether oxygens (including phenoxy) is 1. The number of aromatic amines is 1. The van der Waals surface area contributed by atoms with Crippen molar-refractivity contribution in [2.75, 3.05) is 18.5 Å². The Balaban J connectivity index is 1.31. The molecular formula is C26H32N8O2. The van der Waals surface area contributed by atoms with Crippen LogP contribution in [-0.2, 0) is 4.74 Å². The maximum atomic E-state index is 12.6. The highest BCUT2D eigenvalue weighted by molar-refractivity contribution is 5.97. The lowest BCUT2D eigenvalue weighted by Gasteiger charge is -2.41. The molecule has 0 saturated carbocycles. The highest BCUT2D eigenvalue weighted by Crippen LogP contribution is 2.31. The van der Waals surface area contributed by atoms with Crippen LogP contribution in [0.2, 0.25) is 0 Å². The first-order chi connectivity index (χ1) is 17.2. The summed E-state index contributed by atoms with van der Waals surface area (Å²) in [6.45, 7) is 8.40. The van der Waals surface area contributed by atoms with Crippen molar-refractivity contribution in [2.45, 2.75) is 58.2 Å². The number of H-pyrrole nitrogens is 1. The van der Waals surface area contributed by atoms with Gasteiger partial charge in [0.1, 0.15) is 5.60 Å². The van der Waals surface area contributed by atoms with Gasteiger partial charge in [0.05, 0.1) is 23.1 Å². The van der Waals surface area contributed by atoms with Gasteiger partial charge in [0, 0.05) is 49.0 Å². The van der Waals surface area contributed by atoms with Crippen molar-refractivity contribution in [1.82, 2.24) is 35.1 Å². The number of anilines is 1. The van der Waals surface area contributed by atoms with Gasteiger partial charge in [-0.15, -0.1) is 10.2 Å². The summed E-state index contributed by atoms with van der Waals surface area (Å²) in [5.74, 6) is 0.802. The number of benzene rings is 1. The van der Waals surface area contributed by atoms with Gasteiger partial charge in [-0.2, -0.15) is 10.2 Å². The van der Waals surface area contributed by atoms with Crippen molar-refractivity contribution in [1.29, 1.82) is 0 Å². The molecule has 1 aliphatic rings. The summed E-state index contributed by atoms with van der Waals surface area (Å²) in [4.78, 5) is 16.5. The zero-order valence-electron chi connectivity index (χ0n) is 21.3. The molecule has 1 aromatic carbocycles. The van der Waals surface area contributed by atoms with Crippen molar-refractivity contribution in [3.05, 3.63) is 48.9 Å². The minimum absolute atomic E-state index is 0.0789. The molecule has 0 bridgehead atoms. The van der Waals surface area contributed by atoms with Gasteiger partial charge in [-0.1, -0.05) is 0 Å². The second-order valence-electron chi connectivity index (χ2n) is 10.3. The Kier molecular flexibility index (Phi) is 6.11. The van der Waals surface area contributed by atoms with E-state index in [1.807, 2.05) is 73.9 Å². The number of hydrogen-bond donors (Lipinski definition) is 1. The molecule has 1 amide bonds. The molecule has 1 fully saturated rings. The second kappa shape index (κ2) is 9.25. The van der Waals surface area contributed by atoms with Crippen LogP contribution >= 0.6 is 0 Å². The number of carbonyl (C=O) groups excluding carboxylic acids is 1. The van der Waals surface area contributed by atoms with Crippen LogP contribution in [0.1, 0.15) is 40.5 Å².